The van der Waals surface area contributed by atoms with E-state index in [-0.39, 0.29) is 23.4 Å². The summed E-state index contributed by atoms with van der Waals surface area (Å²) >= 11 is 0. The molecule has 170 valence electrons. The maximum absolute atomic E-state index is 12.0. The highest BCUT2D eigenvalue weighted by molar-refractivity contribution is 5.75. The fraction of sp³-hybridized carbons (Fsp3) is 0.591. The molecule has 2 saturated heterocycles. The van der Waals surface area contributed by atoms with Crippen molar-refractivity contribution in [2.45, 2.75) is 45.2 Å². The summed E-state index contributed by atoms with van der Waals surface area (Å²) in [7, 11) is 0. The van der Waals surface area contributed by atoms with E-state index < -0.39 is 0 Å². The average molecular weight is 439 g/mol. The van der Waals surface area contributed by atoms with Crippen molar-refractivity contribution in [3.05, 3.63) is 18.0 Å². The Morgan fingerprint density at radius 2 is 2.00 bits per heavy atom. The molecule has 2 aromatic rings. The highest BCUT2D eigenvalue weighted by Gasteiger charge is 2.44. The van der Waals surface area contributed by atoms with Gasteiger partial charge in [-0.05, 0) is 26.7 Å². The van der Waals surface area contributed by atoms with Crippen LogP contribution in [-0.2, 0) is 16.0 Å². The van der Waals surface area contributed by atoms with Crippen LogP contribution < -0.4 is 15.5 Å². The topological polar surface area (TPSA) is 114 Å². The zero-order valence-electron chi connectivity index (χ0n) is 18.9. The van der Waals surface area contributed by atoms with Gasteiger partial charge in [0.05, 0.1) is 30.5 Å². The quantitative estimate of drug-likeness (QED) is 0.753. The van der Waals surface area contributed by atoms with Gasteiger partial charge in [-0.3, -0.25) is 4.79 Å². The van der Waals surface area contributed by atoms with E-state index in [1.165, 1.54) is 0 Å². The minimum absolute atomic E-state index is 0.123. The predicted molar refractivity (Wildman–Crippen MR) is 121 cm³/mol. The zero-order valence-corrected chi connectivity index (χ0v) is 18.9. The molecule has 0 saturated carbocycles. The lowest BCUT2D eigenvalue weighted by Gasteiger charge is -2.38. The van der Waals surface area contributed by atoms with Gasteiger partial charge in [0.1, 0.15) is 5.82 Å². The first-order valence-electron chi connectivity index (χ1n) is 11.2. The van der Waals surface area contributed by atoms with Crippen molar-refractivity contribution in [3.8, 4) is 11.3 Å². The van der Waals surface area contributed by atoms with Gasteiger partial charge < -0.3 is 25.2 Å². The molecule has 0 spiro atoms. The van der Waals surface area contributed by atoms with Crippen LogP contribution in [0.25, 0.3) is 11.3 Å². The van der Waals surface area contributed by atoms with Crippen molar-refractivity contribution in [1.82, 2.24) is 24.8 Å². The molecule has 2 N–H and O–H groups in total. The summed E-state index contributed by atoms with van der Waals surface area (Å²) in [6.07, 6.45) is 5.22. The lowest BCUT2D eigenvalue weighted by atomic mass is 9.99. The van der Waals surface area contributed by atoms with E-state index in [0.29, 0.717) is 25.7 Å². The van der Waals surface area contributed by atoms with Gasteiger partial charge in [0, 0.05) is 56.6 Å². The molecule has 0 bridgehead atoms. The van der Waals surface area contributed by atoms with E-state index in [0.717, 1.165) is 55.1 Å². The second-order valence-corrected chi connectivity index (χ2v) is 9.21. The molecule has 0 aromatic carbocycles. The summed E-state index contributed by atoms with van der Waals surface area (Å²) in [6, 6.07) is 0.183. The Labute approximate surface area is 187 Å². The zero-order chi connectivity index (χ0) is 22.5. The van der Waals surface area contributed by atoms with Crippen molar-refractivity contribution in [2.75, 3.05) is 54.9 Å². The first-order valence-corrected chi connectivity index (χ1v) is 11.2. The maximum Gasteiger partial charge on any atom is 0.228 e. The molecular weight excluding hydrogens is 408 g/mol. The Morgan fingerprint density at radius 1 is 1.22 bits per heavy atom. The van der Waals surface area contributed by atoms with Crippen molar-refractivity contribution >= 4 is 23.6 Å². The number of likely N-dealkylation sites (tertiary alicyclic amines) is 1. The highest BCUT2D eigenvalue weighted by atomic mass is 16.5. The number of hydrogen-bond acceptors (Lipinski definition) is 9. The van der Waals surface area contributed by atoms with E-state index >= 15 is 0 Å². The molecular formula is C22H30N8O2. The van der Waals surface area contributed by atoms with Crippen LogP contribution in [0.4, 0.5) is 17.7 Å². The molecule has 0 unspecified atom stereocenters. The maximum atomic E-state index is 12.0. The summed E-state index contributed by atoms with van der Waals surface area (Å²) in [5, 5.41) is 0. The van der Waals surface area contributed by atoms with Gasteiger partial charge in [-0.2, -0.15) is 4.98 Å². The molecule has 10 heteroatoms. The number of fused-ring (bicyclic) bond motifs is 1. The predicted octanol–water partition coefficient (Wildman–Crippen LogP) is 1.11. The molecule has 2 atom stereocenters. The van der Waals surface area contributed by atoms with Crippen LogP contribution in [0, 0.1) is 0 Å². The lowest BCUT2D eigenvalue weighted by Crippen LogP contribution is -2.49. The number of morpholine rings is 1. The normalized spacial score (nSPS) is 25.3. The summed E-state index contributed by atoms with van der Waals surface area (Å²) in [5.41, 5.74) is 8.36. The number of carbonyl (C=O) groups excluding carboxylic acids is 1. The number of amides is 1. The summed E-state index contributed by atoms with van der Waals surface area (Å²) < 4.78 is 5.63. The number of nitrogen functional groups attached to an aromatic ring is 1. The van der Waals surface area contributed by atoms with Crippen LogP contribution in [-0.4, -0.2) is 81.7 Å². The van der Waals surface area contributed by atoms with E-state index in [2.05, 4.69) is 33.6 Å². The number of anilines is 3. The van der Waals surface area contributed by atoms with Crippen LogP contribution in [0.1, 0.15) is 32.8 Å². The number of ether oxygens (including phenoxy) is 1. The number of nitrogens with zero attached hydrogens (tertiary/aromatic N) is 7. The van der Waals surface area contributed by atoms with Crippen LogP contribution >= 0.6 is 0 Å². The smallest absolute Gasteiger partial charge is 0.228 e. The molecule has 2 aromatic heterocycles. The molecule has 10 nitrogen and oxygen atoms in total. The second-order valence-electron chi connectivity index (χ2n) is 9.21. The molecule has 0 radical (unpaired) electrons. The monoisotopic (exact) mass is 438 g/mol. The van der Waals surface area contributed by atoms with Gasteiger partial charge in [-0.25, -0.2) is 15.0 Å². The van der Waals surface area contributed by atoms with Crippen LogP contribution in [0.3, 0.4) is 0 Å². The fourth-order valence-electron chi connectivity index (χ4n) is 5.06. The number of carbonyl (C=O) groups is 1. The molecule has 5 rings (SSSR count). The highest BCUT2D eigenvalue weighted by Crippen LogP contribution is 2.41. The number of aromatic nitrogens is 4. The summed E-state index contributed by atoms with van der Waals surface area (Å²) in [5.74, 6) is 2.01. The Hall–Kier alpha value is -3.01. The largest absolute Gasteiger partial charge is 0.377 e. The first kappa shape index (κ1) is 20.9. The van der Waals surface area contributed by atoms with Gasteiger partial charge in [0.2, 0.25) is 17.8 Å². The average Bonchev–Trinajstić information content (AvgIpc) is 3.39. The fourth-order valence-corrected chi connectivity index (χ4v) is 5.06. The molecule has 3 aliphatic rings. The number of rotatable bonds is 3. The Bertz CT molecular complexity index is 1030. The van der Waals surface area contributed by atoms with Crippen molar-refractivity contribution in [2.24, 2.45) is 0 Å². The van der Waals surface area contributed by atoms with Crippen molar-refractivity contribution in [3.63, 3.8) is 0 Å². The summed E-state index contributed by atoms with van der Waals surface area (Å²) in [6.45, 7) is 10.4. The van der Waals surface area contributed by atoms with E-state index in [1.54, 1.807) is 19.3 Å². The standard InChI is InChI=1S/C22H30N8O2/c1-14-12-32-9-8-29(14)21-26-18(16-10-24-20(23)25-11-16)17-4-6-30(19(17)27-21)22(3)5-7-28(13-22)15(2)31/h10-11,14H,4-9,12-13H2,1-3H3,(H2,23,24,25)/t14-,22-/m0/s1. The summed E-state index contributed by atoms with van der Waals surface area (Å²) in [4.78, 5) is 37.0. The lowest BCUT2D eigenvalue weighted by molar-refractivity contribution is -0.127. The van der Waals surface area contributed by atoms with Crippen LogP contribution in [0.15, 0.2) is 12.4 Å². The first-order chi connectivity index (χ1) is 15.4. The van der Waals surface area contributed by atoms with Gasteiger partial charge in [-0.1, -0.05) is 0 Å². The second kappa shape index (κ2) is 7.84. The molecule has 0 aliphatic carbocycles. The molecule has 2 fully saturated rings. The van der Waals surface area contributed by atoms with E-state index in [4.69, 9.17) is 20.4 Å². The molecule has 3 aliphatic heterocycles. The van der Waals surface area contributed by atoms with Gasteiger partial charge in [0.25, 0.3) is 0 Å². The molecule has 1 amide bonds. The van der Waals surface area contributed by atoms with Crippen LogP contribution in [0.2, 0.25) is 0 Å². The third-order valence-corrected chi connectivity index (χ3v) is 6.93. The molecule has 32 heavy (non-hydrogen) atoms. The number of hydrogen-bond donors (Lipinski definition) is 1. The Balaban J connectivity index is 1.60. The third-order valence-electron chi connectivity index (χ3n) is 6.93. The van der Waals surface area contributed by atoms with E-state index in [9.17, 15) is 4.79 Å². The minimum atomic E-state index is -0.159. The van der Waals surface area contributed by atoms with Gasteiger partial charge in [-0.15, -0.1) is 0 Å². The Kier molecular flexibility index (Phi) is 5.11. The van der Waals surface area contributed by atoms with E-state index in [1.807, 2.05) is 4.90 Å². The third kappa shape index (κ3) is 3.52. The Morgan fingerprint density at radius 3 is 2.69 bits per heavy atom. The SMILES string of the molecule is CC(=O)N1CC[C@](C)(N2CCc3c(-c4cnc(N)nc4)nc(N4CCOC[C@@H]4C)nc32)C1. The van der Waals surface area contributed by atoms with Gasteiger partial charge >= 0.3 is 0 Å². The van der Waals surface area contributed by atoms with Crippen molar-refractivity contribution < 1.29 is 9.53 Å². The number of nitrogens with two attached hydrogens (primary N) is 1. The minimum Gasteiger partial charge on any atom is -0.377 e. The molecule has 5 heterocycles. The van der Waals surface area contributed by atoms with Gasteiger partial charge in [0.15, 0.2) is 0 Å². The van der Waals surface area contributed by atoms with Crippen molar-refractivity contribution in [1.29, 1.82) is 0 Å². The van der Waals surface area contributed by atoms with Crippen LogP contribution in [0.5, 0.6) is 0 Å².